The van der Waals surface area contributed by atoms with Crippen LogP contribution in [0.25, 0.3) is 0 Å². The highest BCUT2D eigenvalue weighted by atomic mass is 19.1. The van der Waals surface area contributed by atoms with Gasteiger partial charge in [0.1, 0.15) is 5.82 Å². The molecule has 1 fully saturated rings. The summed E-state index contributed by atoms with van der Waals surface area (Å²) in [6.07, 6.45) is 2.62. The van der Waals surface area contributed by atoms with Crippen molar-refractivity contribution in [3.8, 4) is 0 Å². The molecule has 2 atom stereocenters. The minimum absolute atomic E-state index is 0.155. The number of rotatable bonds is 4. The number of halogens is 1. The highest BCUT2D eigenvalue weighted by molar-refractivity contribution is 5.46. The van der Waals surface area contributed by atoms with Crippen LogP contribution in [0.5, 0.6) is 0 Å². The Balaban J connectivity index is 2.18. The molecular formula is C15H23FN2O. The van der Waals surface area contributed by atoms with Gasteiger partial charge in [-0.3, -0.25) is 0 Å². The van der Waals surface area contributed by atoms with E-state index in [1.54, 1.807) is 6.07 Å². The van der Waals surface area contributed by atoms with Gasteiger partial charge < -0.3 is 15.8 Å². The molecule has 0 bridgehead atoms. The molecule has 106 valence electrons. The minimum atomic E-state index is -0.234. The van der Waals surface area contributed by atoms with Gasteiger partial charge in [0.05, 0.1) is 11.1 Å². The van der Waals surface area contributed by atoms with Crippen LogP contribution in [-0.2, 0) is 4.74 Å². The van der Waals surface area contributed by atoms with Crippen molar-refractivity contribution in [3.63, 3.8) is 0 Å². The molecule has 1 saturated heterocycles. The Kier molecular flexibility index (Phi) is 4.11. The molecule has 19 heavy (non-hydrogen) atoms. The molecule has 2 unspecified atom stereocenters. The van der Waals surface area contributed by atoms with E-state index in [-0.39, 0.29) is 17.0 Å². The minimum Gasteiger partial charge on any atom is -0.378 e. The average molecular weight is 266 g/mol. The SMILES string of the molecule is CCC1(C)CC(CN)(Nc2cccc(F)c2)CCO1. The first-order valence-electron chi connectivity index (χ1n) is 6.89. The maximum Gasteiger partial charge on any atom is 0.125 e. The number of hydrogen-bond acceptors (Lipinski definition) is 3. The Labute approximate surface area is 114 Å². The van der Waals surface area contributed by atoms with E-state index < -0.39 is 0 Å². The quantitative estimate of drug-likeness (QED) is 0.881. The summed E-state index contributed by atoms with van der Waals surface area (Å²) in [7, 11) is 0. The fraction of sp³-hybridized carbons (Fsp3) is 0.600. The Hall–Kier alpha value is -1.13. The van der Waals surface area contributed by atoms with Crippen molar-refractivity contribution in [1.82, 2.24) is 0 Å². The number of benzene rings is 1. The lowest BCUT2D eigenvalue weighted by atomic mass is 9.79. The third-order valence-electron chi connectivity index (χ3n) is 4.12. The van der Waals surface area contributed by atoms with Crippen molar-refractivity contribution < 1.29 is 9.13 Å². The van der Waals surface area contributed by atoms with Crippen molar-refractivity contribution in [3.05, 3.63) is 30.1 Å². The fourth-order valence-corrected chi connectivity index (χ4v) is 2.78. The van der Waals surface area contributed by atoms with Gasteiger partial charge >= 0.3 is 0 Å². The third kappa shape index (κ3) is 3.25. The predicted molar refractivity (Wildman–Crippen MR) is 75.7 cm³/mol. The maximum atomic E-state index is 13.3. The largest absolute Gasteiger partial charge is 0.378 e. The molecule has 0 aromatic heterocycles. The molecule has 1 aliphatic rings. The zero-order valence-electron chi connectivity index (χ0n) is 11.7. The van der Waals surface area contributed by atoms with Crippen LogP contribution in [-0.4, -0.2) is 24.3 Å². The lowest BCUT2D eigenvalue weighted by Crippen LogP contribution is -2.55. The van der Waals surface area contributed by atoms with Crippen LogP contribution >= 0.6 is 0 Å². The first-order chi connectivity index (χ1) is 9.01. The van der Waals surface area contributed by atoms with Crippen molar-refractivity contribution in [1.29, 1.82) is 0 Å². The molecule has 0 radical (unpaired) electrons. The summed E-state index contributed by atoms with van der Waals surface area (Å²) in [6, 6.07) is 6.54. The van der Waals surface area contributed by atoms with Gasteiger partial charge in [-0.25, -0.2) is 4.39 Å². The van der Waals surface area contributed by atoms with E-state index in [9.17, 15) is 4.39 Å². The van der Waals surface area contributed by atoms with Crippen molar-refractivity contribution in [2.45, 2.75) is 44.2 Å². The second-order valence-corrected chi connectivity index (χ2v) is 5.70. The van der Waals surface area contributed by atoms with E-state index in [1.165, 1.54) is 12.1 Å². The molecule has 0 saturated carbocycles. The summed E-state index contributed by atoms with van der Waals surface area (Å²) >= 11 is 0. The van der Waals surface area contributed by atoms with Crippen LogP contribution in [0, 0.1) is 5.82 Å². The van der Waals surface area contributed by atoms with E-state index >= 15 is 0 Å². The zero-order valence-corrected chi connectivity index (χ0v) is 11.7. The highest BCUT2D eigenvalue weighted by Crippen LogP contribution is 2.36. The van der Waals surface area contributed by atoms with Gasteiger partial charge in [0, 0.05) is 25.3 Å². The Morgan fingerprint density at radius 3 is 2.89 bits per heavy atom. The topological polar surface area (TPSA) is 47.3 Å². The van der Waals surface area contributed by atoms with Crippen molar-refractivity contribution >= 4 is 5.69 Å². The second-order valence-electron chi connectivity index (χ2n) is 5.70. The molecule has 1 aromatic carbocycles. The first kappa shape index (κ1) is 14.3. The zero-order chi connectivity index (χ0) is 13.9. The molecule has 4 heteroatoms. The Morgan fingerprint density at radius 1 is 1.47 bits per heavy atom. The van der Waals surface area contributed by atoms with Crippen LogP contribution in [0.3, 0.4) is 0 Å². The predicted octanol–water partition coefficient (Wildman–Crippen LogP) is 2.91. The molecule has 3 nitrogen and oxygen atoms in total. The van der Waals surface area contributed by atoms with Crippen LogP contribution in [0.2, 0.25) is 0 Å². The number of ether oxygens (including phenoxy) is 1. The summed E-state index contributed by atoms with van der Waals surface area (Å²) in [5.74, 6) is -0.234. The van der Waals surface area contributed by atoms with E-state index in [2.05, 4.69) is 19.2 Å². The fourth-order valence-electron chi connectivity index (χ4n) is 2.78. The summed E-state index contributed by atoms with van der Waals surface area (Å²) < 4.78 is 19.1. The smallest absolute Gasteiger partial charge is 0.125 e. The first-order valence-corrected chi connectivity index (χ1v) is 6.89. The monoisotopic (exact) mass is 266 g/mol. The molecule has 1 aliphatic heterocycles. The highest BCUT2D eigenvalue weighted by Gasteiger charge is 2.41. The molecule has 3 N–H and O–H groups in total. The number of hydrogen-bond donors (Lipinski definition) is 2. The van der Waals surface area contributed by atoms with Crippen LogP contribution in [0.15, 0.2) is 24.3 Å². The van der Waals surface area contributed by atoms with Crippen molar-refractivity contribution in [2.24, 2.45) is 5.73 Å². The molecule has 1 heterocycles. The van der Waals surface area contributed by atoms with E-state index in [4.69, 9.17) is 10.5 Å². The molecule has 2 rings (SSSR count). The second kappa shape index (κ2) is 5.47. The lowest BCUT2D eigenvalue weighted by Gasteiger charge is -2.46. The van der Waals surface area contributed by atoms with E-state index in [0.29, 0.717) is 13.2 Å². The molecule has 0 aliphatic carbocycles. The van der Waals surface area contributed by atoms with Gasteiger partial charge in [0.25, 0.3) is 0 Å². The molecule has 0 amide bonds. The van der Waals surface area contributed by atoms with Gasteiger partial charge in [-0.15, -0.1) is 0 Å². The Morgan fingerprint density at radius 2 is 2.26 bits per heavy atom. The van der Waals surface area contributed by atoms with Gasteiger partial charge in [0.2, 0.25) is 0 Å². The van der Waals surface area contributed by atoms with Gasteiger partial charge in [-0.1, -0.05) is 13.0 Å². The molecular weight excluding hydrogens is 243 g/mol. The van der Waals surface area contributed by atoms with E-state index in [1.807, 2.05) is 6.07 Å². The van der Waals surface area contributed by atoms with E-state index in [0.717, 1.165) is 24.9 Å². The number of nitrogens with two attached hydrogens (primary N) is 1. The maximum absolute atomic E-state index is 13.3. The van der Waals surface area contributed by atoms with Gasteiger partial charge in [-0.05, 0) is 38.0 Å². The normalized spacial score (nSPS) is 31.2. The van der Waals surface area contributed by atoms with Gasteiger partial charge in [0.15, 0.2) is 0 Å². The average Bonchev–Trinajstić information content (AvgIpc) is 2.39. The Bertz CT molecular complexity index is 440. The lowest BCUT2D eigenvalue weighted by molar-refractivity contribution is -0.0882. The number of anilines is 1. The van der Waals surface area contributed by atoms with Gasteiger partial charge in [-0.2, -0.15) is 0 Å². The summed E-state index contributed by atoms with van der Waals surface area (Å²) in [4.78, 5) is 0. The van der Waals surface area contributed by atoms with Crippen LogP contribution < -0.4 is 11.1 Å². The summed E-state index contributed by atoms with van der Waals surface area (Å²) in [6.45, 7) is 5.44. The third-order valence-corrected chi connectivity index (χ3v) is 4.12. The van der Waals surface area contributed by atoms with Crippen LogP contribution in [0.4, 0.5) is 10.1 Å². The van der Waals surface area contributed by atoms with Crippen molar-refractivity contribution in [2.75, 3.05) is 18.5 Å². The molecule has 1 aromatic rings. The summed E-state index contributed by atoms with van der Waals surface area (Å²) in [5, 5.41) is 3.43. The number of nitrogens with one attached hydrogen (secondary N) is 1. The summed E-state index contributed by atoms with van der Waals surface area (Å²) in [5.41, 5.74) is 6.40. The van der Waals surface area contributed by atoms with Crippen LogP contribution in [0.1, 0.15) is 33.1 Å². The standard InChI is InChI=1S/C15H23FN2O/c1-3-14(2)10-15(11-17,7-8-19-14)18-13-6-4-5-12(16)9-13/h4-6,9,18H,3,7-8,10-11,17H2,1-2H3. The molecule has 0 spiro atoms.